The highest BCUT2D eigenvalue weighted by atomic mass is 16.5. The van der Waals surface area contributed by atoms with Crippen molar-refractivity contribution in [1.29, 1.82) is 0 Å². The van der Waals surface area contributed by atoms with E-state index in [1.807, 2.05) is 24.3 Å². The molecule has 0 spiro atoms. The van der Waals surface area contributed by atoms with E-state index in [2.05, 4.69) is 0 Å². The summed E-state index contributed by atoms with van der Waals surface area (Å²) in [6, 6.07) is 7.47. The van der Waals surface area contributed by atoms with Crippen molar-refractivity contribution in [2.45, 2.75) is 13.3 Å². The monoisotopic (exact) mass is 202 g/mol. The van der Waals surface area contributed by atoms with Crippen molar-refractivity contribution in [3.8, 4) is 5.75 Å². The zero-order valence-electron chi connectivity index (χ0n) is 12.4. The van der Waals surface area contributed by atoms with Gasteiger partial charge >= 0.3 is 5.97 Å². The fourth-order valence-electron chi connectivity index (χ4n) is 1.24. The number of ether oxygens (including phenoxy) is 1. The average Bonchev–Trinajstić information content (AvgIpc) is 2.43. The van der Waals surface area contributed by atoms with Gasteiger partial charge in [-0.25, -0.2) is 0 Å². The van der Waals surface area contributed by atoms with Crippen molar-refractivity contribution >= 4 is 5.97 Å². The molecule has 0 radical (unpaired) electrons. The lowest BCUT2D eigenvalue weighted by atomic mass is 10.0. The Morgan fingerprint density at radius 1 is 1.71 bits per heavy atom. The average molecular weight is 202 g/mol. The summed E-state index contributed by atoms with van der Waals surface area (Å²) >= 11 is 0. The smallest absolute Gasteiger partial charge is 0.306 e. The maximum absolute atomic E-state index is 10.6. The number of carbonyl (C=O) groups is 1. The molecule has 1 aromatic carbocycles. The molecule has 0 aromatic heterocycles. The lowest BCUT2D eigenvalue weighted by Crippen LogP contribution is -2.12. The molecule has 0 bridgehead atoms. The van der Waals surface area contributed by atoms with Crippen molar-refractivity contribution in [3.63, 3.8) is 0 Å². The normalized spacial score (nSPS) is 13.3. The van der Waals surface area contributed by atoms with Crippen LogP contribution in [0.4, 0.5) is 0 Å². The van der Waals surface area contributed by atoms with Gasteiger partial charge in [0.2, 0.25) is 0 Å². The van der Waals surface area contributed by atoms with Gasteiger partial charge in [-0.2, -0.15) is 0 Å². The van der Waals surface area contributed by atoms with Gasteiger partial charge in [0.1, 0.15) is 5.75 Å². The van der Waals surface area contributed by atoms with Gasteiger partial charge in [-0.15, -0.1) is 0 Å². The molecule has 1 aromatic rings. The van der Waals surface area contributed by atoms with Crippen LogP contribution in [0.2, 0.25) is 0 Å². The van der Waals surface area contributed by atoms with E-state index in [1.165, 1.54) is 0 Å². The predicted octanol–water partition coefficient (Wildman–Crippen LogP) is 2.45. The van der Waals surface area contributed by atoms with E-state index in [4.69, 9.17) is 15.8 Å². The van der Waals surface area contributed by atoms with Gasteiger partial charge < -0.3 is 9.84 Å². The van der Waals surface area contributed by atoms with E-state index in [0.29, 0.717) is 6.42 Å². The molecule has 0 aliphatic carbocycles. The highest BCUT2D eigenvalue weighted by Crippen LogP contribution is 2.15. The first-order valence-electron chi connectivity index (χ1n) is 6.49. The maximum atomic E-state index is 10.6. The maximum Gasteiger partial charge on any atom is 0.306 e. The summed E-state index contributed by atoms with van der Waals surface area (Å²) in [5.74, 6) is -0.366. The topological polar surface area (TPSA) is 46.5 Å². The van der Waals surface area contributed by atoms with Gasteiger partial charge in [0.25, 0.3) is 0 Å². The third kappa shape index (κ3) is 2.76. The van der Waals surface area contributed by atoms with Crippen LogP contribution in [-0.4, -0.2) is 18.2 Å². The Hall–Kier alpha value is -1.51. The molecule has 0 saturated heterocycles. The molecular weight excluding hydrogens is 180 g/mol. The Labute approximate surface area is 89.5 Å². The largest absolute Gasteiger partial charge is 0.497 e. The Balaban J connectivity index is 0. The number of hydrogen-bond acceptors (Lipinski definition) is 2. The van der Waals surface area contributed by atoms with Crippen LogP contribution >= 0.6 is 0 Å². The quantitative estimate of drug-likeness (QED) is 0.815. The summed E-state index contributed by atoms with van der Waals surface area (Å²) in [6.45, 7) is 1.70. The summed E-state index contributed by atoms with van der Waals surface area (Å²) in [4.78, 5) is 10.6. The van der Waals surface area contributed by atoms with E-state index >= 15 is 0 Å². The number of carboxylic acids is 1. The minimum absolute atomic E-state index is 0.359. The molecule has 3 heteroatoms. The standard InChI is InChI=1S/C11H14O3.2H2/c1-8(11(12)13)6-9-4-3-5-10(7-9)14-2;;/h3-5,7-8H,6H2,1-2H3,(H,12,13);2*1H/i;2*1+1D. The highest BCUT2D eigenvalue weighted by molar-refractivity contribution is 5.69. The summed E-state index contributed by atoms with van der Waals surface area (Å²) < 4.78 is 25.0. The van der Waals surface area contributed by atoms with Crippen LogP contribution in [0, 0.1) is 5.92 Å². The van der Waals surface area contributed by atoms with Crippen molar-refractivity contribution in [3.05, 3.63) is 29.8 Å². The molecule has 0 amide bonds. The first-order valence-corrected chi connectivity index (χ1v) is 4.49. The number of aliphatic carboxylic acids is 1. The van der Waals surface area contributed by atoms with Gasteiger partial charge in [0, 0.05) is 5.94 Å². The molecule has 80 valence electrons. The van der Waals surface area contributed by atoms with Crippen LogP contribution in [0.5, 0.6) is 5.75 Å². The fourth-order valence-corrected chi connectivity index (χ4v) is 1.24. The van der Waals surface area contributed by atoms with Crippen LogP contribution in [0.3, 0.4) is 0 Å². The zero-order valence-corrected chi connectivity index (χ0v) is 8.36. The molecule has 3 nitrogen and oxygen atoms in total. The Morgan fingerprint density at radius 2 is 2.43 bits per heavy atom. The van der Waals surface area contributed by atoms with E-state index < -0.39 is 5.97 Å². The van der Waals surface area contributed by atoms with Gasteiger partial charge in [-0.3, -0.25) is 4.79 Å². The van der Waals surface area contributed by atoms with E-state index in [9.17, 15) is 4.79 Å². The van der Waals surface area contributed by atoms with E-state index in [1.54, 1.807) is 14.0 Å². The highest BCUT2D eigenvalue weighted by Gasteiger charge is 2.11. The van der Waals surface area contributed by atoms with Crippen LogP contribution in [0.1, 0.15) is 18.4 Å². The molecule has 0 aliphatic rings. The first-order chi connectivity index (χ1) is 8.63. The number of rotatable bonds is 4. The molecular formula is C11H18O3. The molecule has 1 atom stereocenters. The molecule has 0 saturated carbocycles. The number of methoxy groups -OCH3 is 1. The summed E-state index contributed by atoms with van der Waals surface area (Å²) in [5.41, 5.74) is 0.985. The van der Waals surface area contributed by atoms with E-state index in [0.717, 1.165) is 11.3 Å². The second kappa shape index (κ2) is 4.65. The second-order valence-electron chi connectivity index (χ2n) is 3.29. The van der Waals surface area contributed by atoms with Gasteiger partial charge in [0.05, 0.1) is 13.0 Å². The van der Waals surface area contributed by atoms with Gasteiger partial charge in [-0.05, 0) is 24.1 Å². The predicted molar refractivity (Wildman–Crippen MR) is 57.7 cm³/mol. The van der Waals surface area contributed by atoms with Crippen LogP contribution in [0.15, 0.2) is 24.3 Å². The first kappa shape index (κ1) is 7.85. The van der Waals surface area contributed by atoms with E-state index in [-0.39, 0.29) is 5.92 Å². The van der Waals surface area contributed by atoms with Crippen molar-refractivity contribution in [2.24, 2.45) is 5.92 Å². The van der Waals surface area contributed by atoms with Crippen molar-refractivity contribution in [2.75, 3.05) is 7.11 Å². The zero-order chi connectivity index (χ0) is 14.6. The van der Waals surface area contributed by atoms with Crippen LogP contribution in [-0.2, 0) is 11.2 Å². The number of hydrogen-bond donors (Lipinski definition) is 1. The molecule has 1 rings (SSSR count). The number of carboxylic acid groups (broad SMARTS) is 1. The summed E-state index contributed by atoms with van der Waals surface area (Å²) in [7, 11) is 1.60. The third-order valence-electron chi connectivity index (χ3n) is 2.10. The third-order valence-corrected chi connectivity index (χ3v) is 2.10. The lowest BCUT2D eigenvalue weighted by Gasteiger charge is -2.07. The van der Waals surface area contributed by atoms with Crippen molar-refractivity contribution < 1.29 is 20.6 Å². The molecule has 0 aliphatic heterocycles. The second-order valence-corrected chi connectivity index (χ2v) is 3.29. The molecule has 1 N–H and O–H groups in total. The molecule has 1 unspecified atom stereocenters. The summed E-state index contributed by atoms with van der Waals surface area (Å²) in [5, 5.41) is 8.74. The minimum Gasteiger partial charge on any atom is -0.497 e. The Kier molecular flexibility index (Phi) is 2.61. The lowest BCUT2D eigenvalue weighted by molar-refractivity contribution is -0.141. The Bertz CT molecular complexity index is 334. The van der Waals surface area contributed by atoms with Crippen LogP contribution < -0.4 is 4.74 Å². The minimum atomic E-state index is -0.771. The van der Waals surface area contributed by atoms with Gasteiger partial charge in [-0.1, -0.05) is 19.1 Å². The Morgan fingerprint density at radius 3 is 3.00 bits per heavy atom. The fraction of sp³-hybridized carbons (Fsp3) is 0.364. The molecule has 0 heterocycles. The SMILES string of the molecule is COc1cccc(CC(C)C(=O)O)c1.[2H][2H].[2H][2H]. The number of benzene rings is 1. The summed E-state index contributed by atoms with van der Waals surface area (Å²) in [6.07, 6.45) is 0.534. The van der Waals surface area contributed by atoms with Gasteiger partial charge in [0.15, 0.2) is 0 Å². The molecule has 14 heavy (non-hydrogen) atoms. The molecule has 0 fully saturated rings. The van der Waals surface area contributed by atoms with Crippen LogP contribution in [0.25, 0.3) is 0 Å². The van der Waals surface area contributed by atoms with Crippen molar-refractivity contribution in [1.82, 2.24) is 0 Å².